The quantitative estimate of drug-likeness (QED) is 0.463. The summed E-state index contributed by atoms with van der Waals surface area (Å²) in [4.78, 5) is 15.8. The second-order valence-corrected chi connectivity index (χ2v) is 6.40. The molecular weight excluding hydrogens is 320 g/mol. The Morgan fingerprint density at radius 1 is 1.28 bits per heavy atom. The third kappa shape index (κ3) is 6.91. The fourth-order valence-electron chi connectivity index (χ4n) is 1.91. The van der Waals surface area contributed by atoms with Crippen molar-refractivity contribution in [2.45, 2.75) is 33.8 Å². The fourth-order valence-corrected chi connectivity index (χ4v) is 1.91. The molecule has 0 aliphatic heterocycles. The van der Waals surface area contributed by atoms with Crippen LogP contribution in [0.25, 0.3) is 0 Å². The van der Waals surface area contributed by atoms with Gasteiger partial charge in [0.1, 0.15) is 6.10 Å². The number of aliphatic imine (C=N–C) groups is 1. The van der Waals surface area contributed by atoms with Gasteiger partial charge in [0.05, 0.1) is 25.6 Å². The molecule has 0 aromatic heterocycles. The van der Waals surface area contributed by atoms with Crippen LogP contribution in [0.2, 0.25) is 0 Å². The predicted octanol–water partition coefficient (Wildman–Crippen LogP) is 1.53. The molecule has 0 heterocycles. The number of carbonyl (C=O) groups excluding carboxylic acids is 1. The summed E-state index contributed by atoms with van der Waals surface area (Å²) in [6, 6.07) is 7.51. The van der Waals surface area contributed by atoms with Crippen LogP contribution in [0, 0.1) is 5.41 Å². The average Bonchev–Trinajstić information content (AvgIpc) is 2.57. The number of amides is 1. The lowest BCUT2D eigenvalue weighted by Crippen LogP contribution is -2.43. The van der Waals surface area contributed by atoms with Crippen molar-refractivity contribution in [3.8, 4) is 11.5 Å². The van der Waals surface area contributed by atoms with E-state index >= 15 is 0 Å². The molecule has 1 unspecified atom stereocenters. The van der Waals surface area contributed by atoms with E-state index in [0.29, 0.717) is 37.1 Å². The van der Waals surface area contributed by atoms with Gasteiger partial charge in [-0.3, -0.25) is 9.79 Å². The van der Waals surface area contributed by atoms with E-state index in [1.165, 1.54) is 0 Å². The highest BCUT2D eigenvalue weighted by atomic mass is 16.5. The van der Waals surface area contributed by atoms with Gasteiger partial charge < -0.3 is 25.8 Å². The minimum absolute atomic E-state index is 0.107. The van der Waals surface area contributed by atoms with Crippen LogP contribution in [0.1, 0.15) is 27.7 Å². The standard InChI is InChI=1S/C18H30N4O3/c1-6-20-17(22-12-18(3,4)16(19)23)21-11-13(2)25-15-10-8-7-9-14(15)24-5/h7-10,13H,6,11-12H2,1-5H3,(H2,19,23)(H2,20,21,22). The summed E-state index contributed by atoms with van der Waals surface area (Å²) in [7, 11) is 1.61. The van der Waals surface area contributed by atoms with Crippen LogP contribution in [0.5, 0.6) is 11.5 Å². The van der Waals surface area contributed by atoms with Crippen molar-refractivity contribution < 1.29 is 14.3 Å². The third-order valence-corrected chi connectivity index (χ3v) is 3.60. The molecule has 0 spiro atoms. The van der Waals surface area contributed by atoms with E-state index in [9.17, 15) is 4.79 Å². The van der Waals surface area contributed by atoms with Crippen molar-refractivity contribution in [1.29, 1.82) is 0 Å². The first-order valence-corrected chi connectivity index (χ1v) is 8.42. The summed E-state index contributed by atoms with van der Waals surface area (Å²) in [5.74, 6) is 1.63. The van der Waals surface area contributed by atoms with Crippen LogP contribution >= 0.6 is 0 Å². The molecule has 0 saturated heterocycles. The van der Waals surface area contributed by atoms with Crippen LogP contribution in [-0.4, -0.2) is 44.7 Å². The molecule has 0 aliphatic carbocycles. The number of nitrogens with one attached hydrogen (secondary N) is 2. The smallest absolute Gasteiger partial charge is 0.224 e. The number of nitrogens with zero attached hydrogens (tertiary/aromatic N) is 1. The number of hydrogen-bond donors (Lipinski definition) is 3. The first kappa shape index (κ1) is 20.6. The Kier molecular flexibility index (Phi) is 8.04. The van der Waals surface area contributed by atoms with Crippen LogP contribution in [-0.2, 0) is 4.79 Å². The number of benzene rings is 1. The van der Waals surface area contributed by atoms with Gasteiger partial charge in [0.25, 0.3) is 0 Å². The minimum atomic E-state index is -0.693. The Bertz CT molecular complexity index is 587. The molecule has 1 aromatic carbocycles. The lowest BCUT2D eigenvalue weighted by atomic mass is 9.93. The van der Waals surface area contributed by atoms with E-state index in [4.69, 9.17) is 15.2 Å². The molecule has 1 atom stereocenters. The Labute approximate surface area is 150 Å². The highest BCUT2D eigenvalue weighted by Gasteiger charge is 2.24. The highest BCUT2D eigenvalue weighted by Crippen LogP contribution is 2.26. The minimum Gasteiger partial charge on any atom is -0.493 e. The molecule has 0 bridgehead atoms. The van der Waals surface area contributed by atoms with Crippen LogP contribution in [0.3, 0.4) is 0 Å². The maximum atomic E-state index is 11.4. The summed E-state index contributed by atoms with van der Waals surface area (Å²) >= 11 is 0. The van der Waals surface area contributed by atoms with Crippen molar-refractivity contribution >= 4 is 11.9 Å². The van der Waals surface area contributed by atoms with Gasteiger partial charge in [-0.25, -0.2) is 0 Å². The number of para-hydroxylation sites is 2. The van der Waals surface area contributed by atoms with E-state index in [0.717, 1.165) is 0 Å². The van der Waals surface area contributed by atoms with Crippen molar-refractivity contribution in [2.75, 3.05) is 26.7 Å². The van der Waals surface area contributed by atoms with Crippen LogP contribution < -0.4 is 25.8 Å². The van der Waals surface area contributed by atoms with Gasteiger partial charge in [0.15, 0.2) is 17.5 Å². The monoisotopic (exact) mass is 350 g/mol. The zero-order valence-corrected chi connectivity index (χ0v) is 15.8. The molecule has 0 saturated carbocycles. The number of hydrogen-bond acceptors (Lipinski definition) is 4. The second kappa shape index (κ2) is 9.76. The van der Waals surface area contributed by atoms with Gasteiger partial charge in [-0.1, -0.05) is 12.1 Å². The molecular formula is C18H30N4O3. The normalized spacial score (nSPS) is 13.1. The number of ether oxygens (including phenoxy) is 2. The molecule has 7 heteroatoms. The maximum Gasteiger partial charge on any atom is 0.224 e. The topological polar surface area (TPSA) is 98.0 Å². The van der Waals surface area contributed by atoms with Gasteiger partial charge in [-0.15, -0.1) is 0 Å². The summed E-state index contributed by atoms with van der Waals surface area (Å²) in [6.45, 7) is 9.04. The number of methoxy groups -OCH3 is 1. The lowest BCUT2D eigenvalue weighted by molar-refractivity contribution is -0.125. The Morgan fingerprint density at radius 2 is 1.92 bits per heavy atom. The van der Waals surface area contributed by atoms with E-state index in [-0.39, 0.29) is 12.0 Å². The third-order valence-electron chi connectivity index (χ3n) is 3.60. The van der Waals surface area contributed by atoms with Crippen molar-refractivity contribution in [2.24, 2.45) is 16.1 Å². The number of rotatable bonds is 9. The van der Waals surface area contributed by atoms with Crippen molar-refractivity contribution in [3.05, 3.63) is 24.3 Å². The van der Waals surface area contributed by atoms with Crippen molar-refractivity contribution in [3.63, 3.8) is 0 Å². The number of guanidine groups is 1. The van der Waals surface area contributed by atoms with Crippen LogP contribution in [0.15, 0.2) is 29.3 Å². The summed E-state index contributed by atoms with van der Waals surface area (Å²) in [6.07, 6.45) is -0.107. The molecule has 0 fully saturated rings. The molecule has 140 valence electrons. The van der Waals surface area contributed by atoms with E-state index in [2.05, 4.69) is 15.6 Å². The number of primary amides is 1. The SMILES string of the molecule is CCNC(=NCC(C)(C)C(N)=O)NCC(C)Oc1ccccc1OC. The molecule has 7 nitrogen and oxygen atoms in total. The zero-order valence-electron chi connectivity index (χ0n) is 15.8. The van der Waals surface area contributed by atoms with Crippen molar-refractivity contribution in [1.82, 2.24) is 10.6 Å². The molecule has 0 radical (unpaired) electrons. The molecule has 1 rings (SSSR count). The first-order valence-electron chi connectivity index (χ1n) is 8.42. The largest absolute Gasteiger partial charge is 0.493 e. The Morgan fingerprint density at radius 3 is 2.48 bits per heavy atom. The van der Waals surface area contributed by atoms with E-state index in [1.54, 1.807) is 21.0 Å². The van der Waals surface area contributed by atoms with Gasteiger partial charge in [-0.05, 0) is 39.8 Å². The van der Waals surface area contributed by atoms with Gasteiger partial charge in [-0.2, -0.15) is 0 Å². The molecule has 1 amide bonds. The second-order valence-electron chi connectivity index (χ2n) is 6.40. The molecule has 4 N–H and O–H groups in total. The van der Waals surface area contributed by atoms with E-state index < -0.39 is 5.41 Å². The average molecular weight is 350 g/mol. The fraction of sp³-hybridized carbons (Fsp3) is 0.556. The maximum absolute atomic E-state index is 11.4. The first-order chi connectivity index (χ1) is 11.8. The molecule has 25 heavy (non-hydrogen) atoms. The summed E-state index contributed by atoms with van der Waals surface area (Å²) < 4.78 is 11.2. The van der Waals surface area contributed by atoms with E-state index in [1.807, 2.05) is 38.1 Å². The van der Waals surface area contributed by atoms with Gasteiger partial charge >= 0.3 is 0 Å². The van der Waals surface area contributed by atoms with Crippen LogP contribution in [0.4, 0.5) is 0 Å². The highest BCUT2D eigenvalue weighted by molar-refractivity contribution is 5.82. The Hall–Kier alpha value is -2.44. The lowest BCUT2D eigenvalue weighted by Gasteiger charge is -2.21. The van der Waals surface area contributed by atoms with Gasteiger partial charge in [0.2, 0.25) is 5.91 Å². The Balaban J connectivity index is 2.63. The summed E-state index contributed by atoms with van der Waals surface area (Å²) in [5.41, 5.74) is 4.69. The zero-order chi connectivity index (χ0) is 18.9. The van der Waals surface area contributed by atoms with Gasteiger partial charge in [0, 0.05) is 6.54 Å². The predicted molar refractivity (Wildman–Crippen MR) is 100 cm³/mol. The number of carbonyl (C=O) groups is 1. The molecule has 1 aromatic rings. The number of nitrogens with two attached hydrogens (primary N) is 1. The molecule has 0 aliphatic rings. The summed E-state index contributed by atoms with van der Waals surface area (Å²) in [5, 5.41) is 6.35.